The summed E-state index contributed by atoms with van der Waals surface area (Å²) in [5, 5.41) is 9.33. The Labute approximate surface area is 143 Å². The highest BCUT2D eigenvalue weighted by molar-refractivity contribution is 5.67. The second-order valence-electron chi connectivity index (χ2n) is 6.50. The Morgan fingerprint density at radius 3 is 2.29 bits per heavy atom. The summed E-state index contributed by atoms with van der Waals surface area (Å²) < 4.78 is 0. The molecule has 2 aromatic carbocycles. The van der Waals surface area contributed by atoms with Gasteiger partial charge in [0.25, 0.3) is 0 Å². The number of piperazine rings is 1. The van der Waals surface area contributed by atoms with Crippen LogP contribution in [0, 0.1) is 0 Å². The number of nitrogens with zero attached hydrogens (tertiary/aromatic N) is 2. The molecule has 0 saturated carbocycles. The third kappa shape index (κ3) is 3.95. The summed E-state index contributed by atoms with van der Waals surface area (Å²) in [7, 11) is 0. The molecule has 4 nitrogen and oxygen atoms in total. The third-order valence-corrected chi connectivity index (χ3v) is 4.68. The molecule has 2 aromatic rings. The van der Waals surface area contributed by atoms with E-state index in [1.807, 2.05) is 36.4 Å². The van der Waals surface area contributed by atoms with E-state index < -0.39 is 5.97 Å². The van der Waals surface area contributed by atoms with E-state index in [0.29, 0.717) is 6.04 Å². The topological polar surface area (TPSA) is 43.8 Å². The van der Waals surface area contributed by atoms with E-state index in [4.69, 9.17) is 0 Å². The number of carboxylic acid groups (broad SMARTS) is 1. The highest BCUT2D eigenvalue weighted by atomic mass is 16.4. The fraction of sp³-hybridized carbons (Fsp3) is 0.350. The lowest BCUT2D eigenvalue weighted by molar-refractivity contribution is -0.138. The lowest BCUT2D eigenvalue weighted by Crippen LogP contribution is -2.57. The number of aliphatic carboxylic acids is 1. The average molecular weight is 324 g/mol. The Hall–Kier alpha value is -2.33. The minimum Gasteiger partial charge on any atom is -0.481 e. The first-order valence-corrected chi connectivity index (χ1v) is 8.45. The Morgan fingerprint density at radius 2 is 1.67 bits per heavy atom. The largest absolute Gasteiger partial charge is 0.481 e. The molecule has 1 heterocycles. The van der Waals surface area contributed by atoms with Gasteiger partial charge in [-0.05, 0) is 24.6 Å². The number of hydrogen-bond donors (Lipinski definition) is 1. The van der Waals surface area contributed by atoms with Crippen molar-refractivity contribution >= 4 is 11.7 Å². The van der Waals surface area contributed by atoms with E-state index in [2.05, 4.69) is 41.0 Å². The number of carbonyl (C=O) groups is 1. The van der Waals surface area contributed by atoms with Gasteiger partial charge in [-0.2, -0.15) is 0 Å². The molecule has 126 valence electrons. The molecular formula is C20H24N2O2. The summed E-state index contributed by atoms with van der Waals surface area (Å²) in [4.78, 5) is 16.0. The number of para-hydroxylation sites is 1. The van der Waals surface area contributed by atoms with Crippen molar-refractivity contribution in [2.24, 2.45) is 0 Å². The lowest BCUT2D eigenvalue weighted by Gasteiger charge is -2.46. The van der Waals surface area contributed by atoms with E-state index in [1.54, 1.807) is 0 Å². The molecule has 0 radical (unpaired) electrons. The first kappa shape index (κ1) is 16.5. The summed E-state index contributed by atoms with van der Waals surface area (Å²) in [5.74, 6) is -0.736. The average Bonchev–Trinajstić information content (AvgIpc) is 2.58. The number of anilines is 1. The SMILES string of the molecule is C[C@@H]1CN(Cc2ccccc2)[C@@H](CC(=O)O)CN1c1ccccc1. The molecule has 0 amide bonds. The van der Waals surface area contributed by atoms with Crippen LogP contribution >= 0.6 is 0 Å². The number of hydrogen-bond acceptors (Lipinski definition) is 3. The zero-order chi connectivity index (χ0) is 16.9. The zero-order valence-corrected chi connectivity index (χ0v) is 14.0. The minimum absolute atomic E-state index is 0.0131. The van der Waals surface area contributed by atoms with Gasteiger partial charge in [0.15, 0.2) is 0 Å². The molecule has 24 heavy (non-hydrogen) atoms. The Morgan fingerprint density at radius 1 is 1.04 bits per heavy atom. The first-order valence-electron chi connectivity index (χ1n) is 8.45. The molecule has 1 saturated heterocycles. The summed E-state index contributed by atoms with van der Waals surface area (Å²) in [6, 6.07) is 20.9. The van der Waals surface area contributed by atoms with Crippen LogP contribution in [0.1, 0.15) is 18.9 Å². The lowest BCUT2D eigenvalue weighted by atomic mass is 10.0. The predicted molar refractivity (Wildman–Crippen MR) is 96.1 cm³/mol. The van der Waals surface area contributed by atoms with Crippen LogP contribution in [0.5, 0.6) is 0 Å². The zero-order valence-electron chi connectivity index (χ0n) is 14.0. The van der Waals surface area contributed by atoms with Gasteiger partial charge in [0, 0.05) is 37.4 Å². The van der Waals surface area contributed by atoms with Gasteiger partial charge in [-0.15, -0.1) is 0 Å². The van der Waals surface area contributed by atoms with Crippen LogP contribution in [-0.2, 0) is 11.3 Å². The smallest absolute Gasteiger partial charge is 0.305 e. The summed E-state index contributed by atoms with van der Waals surface area (Å²) in [6.07, 6.45) is 0.170. The minimum atomic E-state index is -0.736. The van der Waals surface area contributed by atoms with E-state index in [1.165, 1.54) is 11.3 Å². The highest BCUT2D eigenvalue weighted by Gasteiger charge is 2.32. The van der Waals surface area contributed by atoms with Gasteiger partial charge >= 0.3 is 5.97 Å². The molecule has 0 unspecified atom stereocenters. The predicted octanol–water partition coefficient (Wildman–Crippen LogP) is 3.24. The molecule has 1 N–H and O–H groups in total. The molecule has 2 atom stereocenters. The van der Waals surface area contributed by atoms with Crippen LogP contribution in [-0.4, -0.2) is 41.1 Å². The molecule has 1 aliphatic rings. The van der Waals surface area contributed by atoms with Crippen LogP contribution in [0.2, 0.25) is 0 Å². The Bertz CT molecular complexity index is 660. The van der Waals surface area contributed by atoms with Crippen LogP contribution in [0.25, 0.3) is 0 Å². The molecule has 0 spiro atoms. The third-order valence-electron chi connectivity index (χ3n) is 4.68. The summed E-state index contributed by atoms with van der Waals surface area (Å²) in [5.41, 5.74) is 2.40. The van der Waals surface area contributed by atoms with Crippen molar-refractivity contribution in [2.75, 3.05) is 18.0 Å². The van der Waals surface area contributed by atoms with Gasteiger partial charge in [0.1, 0.15) is 0 Å². The van der Waals surface area contributed by atoms with Crippen molar-refractivity contribution in [2.45, 2.75) is 32.0 Å². The maximum atomic E-state index is 11.3. The molecule has 1 aliphatic heterocycles. The van der Waals surface area contributed by atoms with Gasteiger partial charge in [0.2, 0.25) is 0 Å². The number of carboxylic acids is 1. The molecule has 3 rings (SSSR count). The van der Waals surface area contributed by atoms with E-state index in [-0.39, 0.29) is 12.5 Å². The maximum absolute atomic E-state index is 11.3. The summed E-state index contributed by atoms with van der Waals surface area (Å²) >= 11 is 0. The van der Waals surface area contributed by atoms with Crippen LogP contribution in [0.3, 0.4) is 0 Å². The van der Waals surface area contributed by atoms with E-state index in [0.717, 1.165) is 19.6 Å². The van der Waals surface area contributed by atoms with Crippen molar-refractivity contribution in [1.82, 2.24) is 4.90 Å². The van der Waals surface area contributed by atoms with Crippen LogP contribution in [0.4, 0.5) is 5.69 Å². The fourth-order valence-electron chi connectivity index (χ4n) is 3.50. The molecule has 0 aromatic heterocycles. The van der Waals surface area contributed by atoms with Gasteiger partial charge in [-0.25, -0.2) is 0 Å². The Balaban J connectivity index is 1.78. The number of rotatable bonds is 5. The van der Waals surface area contributed by atoms with Gasteiger partial charge in [0.05, 0.1) is 6.42 Å². The first-order chi connectivity index (χ1) is 11.6. The van der Waals surface area contributed by atoms with Crippen molar-refractivity contribution in [3.63, 3.8) is 0 Å². The molecule has 4 heteroatoms. The number of benzene rings is 2. The fourth-order valence-corrected chi connectivity index (χ4v) is 3.50. The van der Waals surface area contributed by atoms with Gasteiger partial charge in [-0.1, -0.05) is 48.5 Å². The van der Waals surface area contributed by atoms with Gasteiger partial charge < -0.3 is 10.0 Å². The highest BCUT2D eigenvalue weighted by Crippen LogP contribution is 2.25. The van der Waals surface area contributed by atoms with Crippen molar-refractivity contribution in [3.05, 3.63) is 66.2 Å². The second kappa shape index (κ2) is 7.49. The molecule has 0 bridgehead atoms. The van der Waals surface area contributed by atoms with Gasteiger partial charge in [-0.3, -0.25) is 9.69 Å². The monoisotopic (exact) mass is 324 g/mol. The van der Waals surface area contributed by atoms with Crippen LogP contribution < -0.4 is 4.90 Å². The van der Waals surface area contributed by atoms with E-state index >= 15 is 0 Å². The Kier molecular flexibility index (Phi) is 5.16. The molecule has 0 aliphatic carbocycles. The summed E-state index contributed by atoms with van der Waals surface area (Å²) in [6.45, 7) is 4.61. The van der Waals surface area contributed by atoms with Crippen molar-refractivity contribution < 1.29 is 9.90 Å². The molecule has 1 fully saturated rings. The van der Waals surface area contributed by atoms with Crippen LogP contribution in [0.15, 0.2) is 60.7 Å². The standard InChI is InChI=1S/C20H24N2O2/c1-16-13-21(14-17-8-4-2-5-9-17)19(12-20(23)24)15-22(16)18-10-6-3-7-11-18/h2-11,16,19H,12-15H2,1H3,(H,23,24)/t16-,19+/m1/s1. The van der Waals surface area contributed by atoms with Crippen molar-refractivity contribution in [3.8, 4) is 0 Å². The van der Waals surface area contributed by atoms with Crippen molar-refractivity contribution in [1.29, 1.82) is 0 Å². The van der Waals surface area contributed by atoms with E-state index in [9.17, 15) is 9.90 Å². The molecular weight excluding hydrogens is 300 g/mol. The second-order valence-corrected chi connectivity index (χ2v) is 6.50. The quantitative estimate of drug-likeness (QED) is 0.917. The normalized spacial score (nSPS) is 21.6. The maximum Gasteiger partial charge on any atom is 0.305 e.